The van der Waals surface area contributed by atoms with Gasteiger partial charge < -0.3 is 15.6 Å². The Balaban J connectivity index is 1.49. The molecule has 0 radical (unpaired) electrons. The van der Waals surface area contributed by atoms with Gasteiger partial charge in [-0.2, -0.15) is 0 Å². The van der Waals surface area contributed by atoms with Crippen molar-refractivity contribution in [1.29, 1.82) is 0 Å². The number of imidazole rings is 1. The number of hydrogen-bond acceptors (Lipinski definition) is 6. The number of Topliss-reactive ketones (excluding diaryl/α,β-unsaturated/α-hetero) is 1. The van der Waals surface area contributed by atoms with Gasteiger partial charge in [-0.05, 0) is 56.5 Å². The predicted octanol–water partition coefficient (Wildman–Crippen LogP) is 4.18. The number of aryl methyl sites for hydroxylation is 2. The lowest BCUT2D eigenvalue weighted by Crippen LogP contribution is -2.68. The average Bonchev–Trinajstić information content (AvgIpc) is 3.46. The molecule has 2 aliphatic heterocycles. The highest BCUT2D eigenvalue weighted by Gasteiger charge is 2.52. The molecule has 3 aromatic rings. The molecule has 5 rings (SSSR count). The average molecular weight is 584 g/mol. The van der Waals surface area contributed by atoms with E-state index in [-0.39, 0.29) is 30.8 Å². The number of carbonyl (C=O) groups is 2. The molecule has 1 unspecified atom stereocenters. The lowest BCUT2D eigenvalue weighted by molar-refractivity contribution is -0.139. The summed E-state index contributed by atoms with van der Waals surface area (Å²) < 4.78 is 0. The first-order valence-corrected chi connectivity index (χ1v) is 14.5. The number of aromatic amines is 1. The molecular weight excluding hydrogens is 547 g/mol. The molecule has 0 aliphatic carbocycles. The molecule has 0 spiro atoms. The van der Waals surface area contributed by atoms with Crippen LogP contribution in [0.4, 0.5) is 0 Å². The van der Waals surface area contributed by atoms with Crippen LogP contribution < -0.4 is 5.73 Å². The zero-order valence-electron chi connectivity index (χ0n) is 23.0. The lowest BCUT2D eigenvalue weighted by Gasteiger charge is -2.54. The predicted molar refractivity (Wildman–Crippen MR) is 158 cm³/mol. The van der Waals surface area contributed by atoms with Gasteiger partial charge in [-0.15, -0.1) is 0 Å². The van der Waals surface area contributed by atoms with Gasteiger partial charge in [0.2, 0.25) is 0 Å². The van der Waals surface area contributed by atoms with Crippen molar-refractivity contribution in [3.05, 3.63) is 86.9 Å². The minimum Gasteiger partial charge on any atom is -0.348 e. The summed E-state index contributed by atoms with van der Waals surface area (Å²) in [6, 6.07) is 11.3. The van der Waals surface area contributed by atoms with Crippen LogP contribution >= 0.6 is 23.2 Å². The van der Waals surface area contributed by atoms with Gasteiger partial charge in [-0.25, -0.2) is 4.98 Å². The van der Waals surface area contributed by atoms with Crippen LogP contribution in [0.2, 0.25) is 10.0 Å². The molecule has 10 heteroatoms. The third kappa shape index (κ3) is 5.69. The Morgan fingerprint density at radius 2 is 1.75 bits per heavy atom. The van der Waals surface area contributed by atoms with Gasteiger partial charge in [-0.1, -0.05) is 46.5 Å². The van der Waals surface area contributed by atoms with Crippen LogP contribution in [0.5, 0.6) is 0 Å². The normalized spacial score (nSPS) is 21.1. The van der Waals surface area contributed by atoms with E-state index in [9.17, 15) is 9.59 Å². The van der Waals surface area contributed by atoms with Crippen molar-refractivity contribution in [2.24, 2.45) is 5.73 Å². The number of amides is 1. The summed E-state index contributed by atoms with van der Waals surface area (Å²) in [5, 5.41) is 0.784. The van der Waals surface area contributed by atoms with E-state index in [1.165, 1.54) is 0 Å². The van der Waals surface area contributed by atoms with Crippen molar-refractivity contribution in [3.8, 4) is 0 Å². The highest BCUT2D eigenvalue weighted by atomic mass is 35.5. The number of ketones is 1. The standard InChI is InChI=1S/C30H36Cl2N6O2/c1-20-13-21(2)15-22(14-20)29(40)37-11-12-38(24-5-9-36(10-6-24)18-28-34-7-8-35-28)30(19-37,27(39)17-33)23-3-4-25(31)26(32)16-23/h3-4,7-8,13-16,24H,5-6,9-12,17-19,33H2,1-2H3,(H,34,35). The fraction of sp³-hybridized carbons (Fsp3) is 0.433. The van der Waals surface area contributed by atoms with Crippen molar-refractivity contribution in [2.75, 3.05) is 39.3 Å². The molecule has 0 bridgehead atoms. The monoisotopic (exact) mass is 582 g/mol. The third-order valence-corrected chi connectivity index (χ3v) is 8.99. The smallest absolute Gasteiger partial charge is 0.254 e. The molecule has 2 saturated heterocycles. The van der Waals surface area contributed by atoms with Crippen molar-refractivity contribution in [3.63, 3.8) is 0 Å². The fourth-order valence-corrected chi connectivity index (χ4v) is 6.69. The number of piperazine rings is 1. The van der Waals surface area contributed by atoms with E-state index in [1.54, 1.807) is 23.2 Å². The number of nitrogens with one attached hydrogen (secondary N) is 1. The SMILES string of the molecule is Cc1cc(C)cc(C(=O)N2CCN(C3CCN(Cc4ncc[nH]4)CC3)C(C(=O)CN)(c3ccc(Cl)c(Cl)c3)C2)c1. The summed E-state index contributed by atoms with van der Waals surface area (Å²) in [7, 11) is 0. The van der Waals surface area contributed by atoms with E-state index in [4.69, 9.17) is 28.9 Å². The van der Waals surface area contributed by atoms with Crippen molar-refractivity contribution in [1.82, 2.24) is 24.7 Å². The maximum absolute atomic E-state index is 14.0. The Kier molecular flexibility index (Phi) is 8.63. The number of rotatable bonds is 7. The van der Waals surface area contributed by atoms with Crippen LogP contribution in [0.3, 0.4) is 0 Å². The van der Waals surface area contributed by atoms with E-state index in [2.05, 4.69) is 19.8 Å². The number of piperidine rings is 1. The fourth-order valence-electron chi connectivity index (χ4n) is 6.39. The number of aromatic nitrogens is 2. The molecule has 2 fully saturated rings. The van der Waals surface area contributed by atoms with E-state index >= 15 is 0 Å². The highest BCUT2D eigenvalue weighted by molar-refractivity contribution is 6.42. The van der Waals surface area contributed by atoms with Crippen molar-refractivity contribution >= 4 is 34.9 Å². The molecule has 212 valence electrons. The molecule has 2 aliphatic rings. The van der Waals surface area contributed by atoms with Gasteiger partial charge in [0.05, 0.1) is 29.7 Å². The number of benzene rings is 2. The van der Waals surface area contributed by atoms with Crippen LogP contribution in [-0.4, -0.2) is 81.7 Å². The van der Waals surface area contributed by atoms with Crippen molar-refractivity contribution in [2.45, 2.75) is 44.8 Å². The number of nitrogens with two attached hydrogens (primary N) is 1. The largest absolute Gasteiger partial charge is 0.348 e. The highest BCUT2D eigenvalue weighted by Crippen LogP contribution is 2.40. The molecule has 1 aromatic heterocycles. The molecular formula is C30H36Cl2N6O2. The molecule has 1 amide bonds. The topological polar surface area (TPSA) is 98.6 Å². The Labute approximate surface area is 245 Å². The second-order valence-electron chi connectivity index (χ2n) is 11.0. The van der Waals surface area contributed by atoms with Gasteiger partial charge in [0.1, 0.15) is 11.4 Å². The zero-order chi connectivity index (χ0) is 28.4. The van der Waals surface area contributed by atoms with Crippen LogP contribution in [-0.2, 0) is 16.9 Å². The molecule has 1 atom stereocenters. The summed E-state index contributed by atoms with van der Waals surface area (Å²) in [5.41, 5.74) is 8.35. The Morgan fingerprint density at radius 1 is 1.02 bits per heavy atom. The Morgan fingerprint density at radius 3 is 2.38 bits per heavy atom. The van der Waals surface area contributed by atoms with Gasteiger partial charge in [0.15, 0.2) is 5.78 Å². The maximum atomic E-state index is 14.0. The number of halogens is 2. The molecule has 2 aromatic carbocycles. The Hall–Kier alpha value is -2.75. The summed E-state index contributed by atoms with van der Waals surface area (Å²) in [6.45, 7) is 7.58. The van der Waals surface area contributed by atoms with Crippen LogP contribution in [0.25, 0.3) is 0 Å². The minimum absolute atomic E-state index is 0.0889. The van der Waals surface area contributed by atoms with Crippen LogP contribution in [0.15, 0.2) is 48.8 Å². The molecule has 40 heavy (non-hydrogen) atoms. The van der Waals surface area contributed by atoms with Gasteiger partial charge >= 0.3 is 0 Å². The van der Waals surface area contributed by atoms with E-state index < -0.39 is 5.54 Å². The molecule has 3 heterocycles. The quantitative estimate of drug-likeness (QED) is 0.433. The second-order valence-corrected chi connectivity index (χ2v) is 11.8. The van der Waals surface area contributed by atoms with Gasteiger partial charge in [-0.3, -0.25) is 19.4 Å². The number of H-pyrrole nitrogens is 1. The van der Waals surface area contributed by atoms with Crippen LogP contribution in [0.1, 0.15) is 45.7 Å². The summed E-state index contributed by atoms with van der Waals surface area (Å²) >= 11 is 12.8. The first-order chi connectivity index (χ1) is 19.2. The van der Waals surface area contributed by atoms with E-state index in [0.717, 1.165) is 49.4 Å². The molecule has 3 N–H and O–H groups in total. The number of hydrogen-bond donors (Lipinski definition) is 2. The van der Waals surface area contributed by atoms with Gasteiger partial charge in [0.25, 0.3) is 5.91 Å². The first-order valence-electron chi connectivity index (χ1n) is 13.7. The second kappa shape index (κ2) is 12.0. The minimum atomic E-state index is -1.14. The number of carbonyl (C=O) groups excluding carboxylic acids is 2. The zero-order valence-corrected chi connectivity index (χ0v) is 24.5. The van der Waals surface area contributed by atoms with E-state index in [0.29, 0.717) is 34.3 Å². The lowest BCUT2D eigenvalue weighted by atomic mass is 9.79. The van der Waals surface area contributed by atoms with E-state index in [1.807, 2.05) is 44.3 Å². The Bertz CT molecular complexity index is 1350. The maximum Gasteiger partial charge on any atom is 0.254 e. The van der Waals surface area contributed by atoms with Gasteiger partial charge in [0, 0.05) is 50.2 Å². The first kappa shape index (κ1) is 28.8. The third-order valence-electron chi connectivity index (χ3n) is 8.25. The number of likely N-dealkylation sites (tertiary alicyclic amines) is 1. The van der Waals surface area contributed by atoms with Crippen LogP contribution in [0, 0.1) is 13.8 Å². The summed E-state index contributed by atoms with van der Waals surface area (Å²) in [4.78, 5) is 41.9. The summed E-state index contributed by atoms with van der Waals surface area (Å²) in [5.74, 6) is 0.719. The molecule has 0 saturated carbocycles. The number of nitrogens with zero attached hydrogens (tertiary/aromatic N) is 4. The molecule has 8 nitrogen and oxygen atoms in total. The van der Waals surface area contributed by atoms with Crippen molar-refractivity contribution < 1.29 is 9.59 Å². The summed E-state index contributed by atoms with van der Waals surface area (Å²) in [6.07, 6.45) is 5.37.